The van der Waals surface area contributed by atoms with Crippen LogP contribution in [0.25, 0.3) is 0 Å². The summed E-state index contributed by atoms with van der Waals surface area (Å²) in [6, 6.07) is 49.6. The molecule has 7 nitrogen and oxygen atoms in total. The fourth-order valence-electron chi connectivity index (χ4n) is 5.96. The van der Waals surface area contributed by atoms with Crippen molar-refractivity contribution in [3.05, 3.63) is 204 Å². The molecule has 7 heteroatoms. The summed E-state index contributed by atoms with van der Waals surface area (Å²) < 4.78 is 16.6. The summed E-state index contributed by atoms with van der Waals surface area (Å²) in [5.41, 5.74) is 12.4. The average molecular weight is 729 g/mol. The summed E-state index contributed by atoms with van der Waals surface area (Å²) in [6.45, 7) is 12.4. The lowest BCUT2D eigenvalue weighted by Gasteiger charge is -2.26. The van der Waals surface area contributed by atoms with Gasteiger partial charge in [0.2, 0.25) is 0 Å². The fourth-order valence-corrected chi connectivity index (χ4v) is 5.96. The van der Waals surface area contributed by atoms with Gasteiger partial charge in [-0.1, -0.05) is 97.1 Å². The van der Waals surface area contributed by atoms with Gasteiger partial charge in [0, 0.05) is 46.3 Å². The van der Waals surface area contributed by atoms with E-state index in [1.54, 1.807) is 0 Å². The first kappa shape index (κ1) is 38.0. The van der Waals surface area contributed by atoms with Gasteiger partial charge in [-0.2, -0.15) is 0 Å². The van der Waals surface area contributed by atoms with Gasteiger partial charge in [0.25, 0.3) is 0 Å². The summed E-state index contributed by atoms with van der Waals surface area (Å²) >= 11 is 0. The lowest BCUT2D eigenvalue weighted by atomic mass is 10.1. The molecule has 0 atom stereocenters. The summed E-state index contributed by atoms with van der Waals surface area (Å²) in [5.74, 6) is -0.889. The Kier molecular flexibility index (Phi) is 12.7. The Hall–Kier alpha value is -6.70. The average Bonchev–Trinajstić information content (AvgIpc) is 3.22. The highest BCUT2D eigenvalue weighted by Crippen LogP contribution is 2.36. The van der Waals surface area contributed by atoms with Crippen molar-refractivity contribution in [1.82, 2.24) is 0 Å². The first-order chi connectivity index (χ1) is 26.8. The maximum absolute atomic E-state index is 11.5. The Morgan fingerprint density at radius 1 is 0.418 bits per heavy atom. The predicted molar refractivity (Wildman–Crippen MR) is 220 cm³/mol. The lowest BCUT2D eigenvalue weighted by molar-refractivity contribution is -0.139. The van der Waals surface area contributed by atoms with Crippen molar-refractivity contribution in [1.29, 1.82) is 0 Å². The van der Waals surface area contributed by atoms with Gasteiger partial charge in [-0.3, -0.25) is 0 Å². The highest BCUT2D eigenvalue weighted by molar-refractivity contribution is 5.82. The summed E-state index contributed by atoms with van der Waals surface area (Å²) in [5, 5.41) is 0. The van der Waals surface area contributed by atoms with E-state index < -0.39 is 11.9 Å². The molecular weight excluding hydrogens is 685 g/mol. The van der Waals surface area contributed by atoms with Gasteiger partial charge < -0.3 is 24.0 Å². The minimum atomic E-state index is -0.445. The van der Waals surface area contributed by atoms with E-state index in [0.29, 0.717) is 13.2 Å². The van der Waals surface area contributed by atoms with Gasteiger partial charge in [0.15, 0.2) is 0 Å². The topological polar surface area (TPSA) is 68.3 Å². The second kappa shape index (κ2) is 18.4. The van der Waals surface area contributed by atoms with Gasteiger partial charge in [0.1, 0.15) is 13.2 Å². The smallest absolute Gasteiger partial charge is 0.330 e. The first-order valence-electron chi connectivity index (χ1n) is 18.0. The van der Waals surface area contributed by atoms with Crippen LogP contribution in [-0.4, -0.2) is 11.9 Å². The number of hydrogen-bond donors (Lipinski definition) is 0. The maximum atomic E-state index is 11.5. The minimum absolute atomic E-state index is 0.188. The second-order valence-electron chi connectivity index (χ2n) is 13.1. The van der Waals surface area contributed by atoms with Crippen molar-refractivity contribution in [2.45, 2.75) is 40.3 Å². The van der Waals surface area contributed by atoms with Gasteiger partial charge in [0.05, 0.1) is 13.2 Å². The molecule has 0 amide bonds. The molecule has 0 N–H and O–H groups in total. The SMILES string of the molecule is C=CC(=O)OCc1ccc(N(c2ccc(C)cc2)c2ccc(COCc3ccc(N(c4ccc(C)cc4)c4ccc(COC(=O)C=C)cc4)cc3)cc2)cc1. The zero-order chi connectivity index (χ0) is 38.6. The molecule has 0 unspecified atom stereocenters. The molecule has 0 aliphatic rings. The number of benzene rings is 6. The van der Waals surface area contributed by atoms with Crippen LogP contribution in [0, 0.1) is 13.8 Å². The van der Waals surface area contributed by atoms with Crippen molar-refractivity contribution in [2.75, 3.05) is 9.80 Å². The normalized spacial score (nSPS) is 10.7. The fraction of sp³-hybridized carbons (Fsp3) is 0.125. The van der Waals surface area contributed by atoms with Crippen molar-refractivity contribution < 1.29 is 23.8 Å². The quantitative estimate of drug-likeness (QED) is 0.0726. The number of anilines is 6. The molecule has 0 heterocycles. The molecule has 0 aromatic heterocycles. The standard InChI is InChI=1S/C48H44N2O5/c1-5-47(51)54-33-39-15-27-45(28-16-39)49(41-19-7-35(3)8-20-41)43-23-11-37(12-24-43)31-53-32-38-13-25-44(26-14-38)50(42-21-9-36(4)10-22-42)46-29-17-40(18-30-46)34-55-48(52)6-2/h5-30H,1-2,31-34H2,3-4H3. The van der Waals surface area contributed by atoms with Crippen LogP contribution in [0.5, 0.6) is 0 Å². The third-order valence-corrected chi connectivity index (χ3v) is 9.00. The largest absolute Gasteiger partial charge is 0.458 e. The van der Waals surface area contributed by atoms with E-state index in [1.807, 2.05) is 48.5 Å². The van der Waals surface area contributed by atoms with Crippen molar-refractivity contribution in [3.63, 3.8) is 0 Å². The van der Waals surface area contributed by atoms with Gasteiger partial charge >= 0.3 is 11.9 Å². The Morgan fingerprint density at radius 3 is 0.909 bits per heavy atom. The third kappa shape index (κ3) is 10.3. The van der Waals surface area contributed by atoms with E-state index in [0.717, 1.165) is 56.4 Å². The monoisotopic (exact) mass is 728 g/mol. The molecular formula is C48H44N2O5. The van der Waals surface area contributed by atoms with E-state index in [9.17, 15) is 9.59 Å². The molecule has 55 heavy (non-hydrogen) atoms. The number of hydrogen-bond acceptors (Lipinski definition) is 7. The van der Waals surface area contributed by atoms with Gasteiger partial charge in [-0.05, 0) is 109 Å². The number of nitrogens with zero attached hydrogens (tertiary/aromatic N) is 2. The maximum Gasteiger partial charge on any atom is 0.330 e. The number of carbonyl (C=O) groups excluding carboxylic acids is 2. The van der Waals surface area contributed by atoms with Crippen LogP contribution in [0.4, 0.5) is 34.1 Å². The van der Waals surface area contributed by atoms with E-state index in [1.165, 1.54) is 23.3 Å². The minimum Gasteiger partial charge on any atom is -0.458 e. The Balaban J connectivity index is 1.12. The van der Waals surface area contributed by atoms with Gasteiger partial charge in [-0.25, -0.2) is 9.59 Å². The zero-order valence-electron chi connectivity index (χ0n) is 31.2. The molecule has 6 aromatic rings. The molecule has 0 aliphatic carbocycles. The molecule has 0 aliphatic heterocycles. The molecule has 6 rings (SSSR count). The van der Waals surface area contributed by atoms with Gasteiger partial charge in [-0.15, -0.1) is 0 Å². The first-order valence-corrected chi connectivity index (χ1v) is 18.0. The van der Waals surface area contributed by atoms with Crippen LogP contribution in [0.3, 0.4) is 0 Å². The van der Waals surface area contributed by atoms with Crippen molar-refractivity contribution >= 4 is 46.1 Å². The zero-order valence-corrected chi connectivity index (χ0v) is 31.2. The number of ether oxygens (including phenoxy) is 3. The van der Waals surface area contributed by atoms with Crippen LogP contribution in [0.1, 0.15) is 33.4 Å². The Labute approximate surface area is 323 Å². The Morgan fingerprint density at radius 2 is 0.655 bits per heavy atom. The summed E-state index contributed by atoms with van der Waals surface area (Å²) in [4.78, 5) is 27.4. The van der Waals surface area contributed by atoms with Crippen LogP contribution in [0.15, 0.2) is 171 Å². The van der Waals surface area contributed by atoms with E-state index >= 15 is 0 Å². The number of carbonyl (C=O) groups is 2. The number of esters is 2. The van der Waals surface area contributed by atoms with Crippen LogP contribution < -0.4 is 9.80 Å². The number of rotatable bonds is 16. The molecule has 0 bridgehead atoms. The Bertz CT molecular complexity index is 2030. The van der Waals surface area contributed by atoms with Crippen LogP contribution >= 0.6 is 0 Å². The highest BCUT2D eigenvalue weighted by atomic mass is 16.5. The lowest BCUT2D eigenvalue weighted by Crippen LogP contribution is -2.10. The third-order valence-electron chi connectivity index (χ3n) is 9.00. The molecule has 276 valence electrons. The molecule has 0 radical (unpaired) electrons. The molecule has 0 saturated carbocycles. The van der Waals surface area contributed by atoms with Crippen LogP contribution in [-0.2, 0) is 50.2 Å². The second-order valence-corrected chi connectivity index (χ2v) is 13.1. The van der Waals surface area contributed by atoms with E-state index in [4.69, 9.17) is 14.2 Å². The molecule has 0 fully saturated rings. The molecule has 6 aromatic carbocycles. The molecule has 0 spiro atoms. The van der Waals surface area contributed by atoms with E-state index in [2.05, 4.69) is 134 Å². The summed E-state index contributed by atoms with van der Waals surface area (Å²) in [7, 11) is 0. The number of aryl methyl sites for hydroxylation is 2. The molecule has 0 saturated heterocycles. The van der Waals surface area contributed by atoms with E-state index in [-0.39, 0.29) is 13.2 Å². The van der Waals surface area contributed by atoms with Crippen molar-refractivity contribution in [3.8, 4) is 0 Å². The summed E-state index contributed by atoms with van der Waals surface area (Å²) in [6.07, 6.45) is 2.33. The van der Waals surface area contributed by atoms with Crippen molar-refractivity contribution in [2.24, 2.45) is 0 Å². The van der Waals surface area contributed by atoms with Crippen LogP contribution in [0.2, 0.25) is 0 Å². The highest BCUT2D eigenvalue weighted by Gasteiger charge is 2.15. The predicted octanol–water partition coefficient (Wildman–Crippen LogP) is 11.4.